The molecule has 126 valence electrons. The Bertz CT molecular complexity index is 914. The maximum atomic E-state index is 13.1. The summed E-state index contributed by atoms with van der Waals surface area (Å²) in [4.78, 5) is 19.7. The van der Waals surface area contributed by atoms with E-state index in [0.717, 1.165) is 29.1 Å². The van der Waals surface area contributed by atoms with Gasteiger partial charge in [0.05, 0.1) is 0 Å². The van der Waals surface area contributed by atoms with Gasteiger partial charge in [0, 0.05) is 22.7 Å². The van der Waals surface area contributed by atoms with Crippen LogP contribution in [0.1, 0.15) is 35.0 Å². The van der Waals surface area contributed by atoms with Gasteiger partial charge in [-0.1, -0.05) is 48.0 Å². The number of para-hydroxylation sites is 1. The third-order valence-corrected chi connectivity index (χ3v) is 5.66. The average molecular weight is 348 g/mol. The summed E-state index contributed by atoms with van der Waals surface area (Å²) in [6.07, 6.45) is 2.00. The number of hydrogen-bond donors (Lipinski definition) is 0. The normalized spacial score (nSPS) is 16.6. The number of nitrogens with zero attached hydrogens (tertiary/aromatic N) is 2. The van der Waals surface area contributed by atoms with Crippen LogP contribution < -0.4 is 4.90 Å². The van der Waals surface area contributed by atoms with Gasteiger partial charge < -0.3 is 4.90 Å². The maximum Gasteiger partial charge on any atom is 0.278 e. The third kappa shape index (κ3) is 2.98. The number of carbonyl (C=O) groups is 1. The fraction of sp³-hybridized carbons (Fsp3) is 0.238. The van der Waals surface area contributed by atoms with Crippen LogP contribution in [0.2, 0.25) is 0 Å². The minimum atomic E-state index is -0.00531. The molecule has 3 nitrogen and oxygen atoms in total. The standard InChI is InChI=1S/C21H20N2OS/c1-14-7-10-17(11-8-14)20-22-18(13-25-20)21(24)23-15(2)9-12-16-5-3-4-6-19(16)23/h3-8,10-11,13,15H,9,12H2,1-2H3/t15-/m1/s1. The molecule has 1 amide bonds. The fourth-order valence-electron chi connectivity index (χ4n) is 3.32. The van der Waals surface area contributed by atoms with Crippen LogP contribution in [0.3, 0.4) is 0 Å². The first-order valence-corrected chi connectivity index (χ1v) is 9.45. The van der Waals surface area contributed by atoms with Crippen molar-refractivity contribution < 1.29 is 4.79 Å². The molecular weight excluding hydrogens is 328 g/mol. The lowest BCUT2D eigenvalue weighted by Gasteiger charge is -2.34. The van der Waals surface area contributed by atoms with Crippen molar-refractivity contribution >= 4 is 22.9 Å². The molecular formula is C21H20N2OS. The van der Waals surface area contributed by atoms with Crippen LogP contribution in [0, 0.1) is 6.92 Å². The van der Waals surface area contributed by atoms with E-state index in [4.69, 9.17) is 0 Å². The highest BCUT2D eigenvalue weighted by Crippen LogP contribution is 2.32. The minimum absolute atomic E-state index is 0.00531. The molecule has 0 unspecified atom stereocenters. The van der Waals surface area contributed by atoms with Crippen molar-refractivity contribution in [1.82, 2.24) is 4.98 Å². The van der Waals surface area contributed by atoms with E-state index >= 15 is 0 Å². The van der Waals surface area contributed by atoms with Crippen LogP contribution in [-0.4, -0.2) is 16.9 Å². The zero-order valence-corrected chi connectivity index (χ0v) is 15.2. The molecule has 0 aliphatic carbocycles. The van der Waals surface area contributed by atoms with Crippen LogP contribution >= 0.6 is 11.3 Å². The Balaban J connectivity index is 1.67. The topological polar surface area (TPSA) is 33.2 Å². The van der Waals surface area contributed by atoms with Gasteiger partial charge in [-0.2, -0.15) is 0 Å². The molecule has 4 rings (SSSR count). The number of hydrogen-bond acceptors (Lipinski definition) is 3. The molecule has 0 bridgehead atoms. The lowest BCUT2D eigenvalue weighted by Crippen LogP contribution is -2.42. The number of anilines is 1. The van der Waals surface area contributed by atoms with Crippen molar-refractivity contribution in [2.75, 3.05) is 4.90 Å². The van der Waals surface area contributed by atoms with Crippen molar-refractivity contribution in [2.24, 2.45) is 0 Å². The summed E-state index contributed by atoms with van der Waals surface area (Å²) in [5.41, 5.74) is 5.07. The number of carbonyl (C=O) groups excluding carboxylic acids is 1. The van der Waals surface area contributed by atoms with E-state index in [2.05, 4.69) is 49.2 Å². The van der Waals surface area contributed by atoms with E-state index < -0.39 is 0 Å². The Morgan fingerprint density at radius 1 is 1.16 bits per heavy atom. The van der Waals surface area contributed by atoms with Gasteiger partial charge in [-0.25, -0.2) is 4.98 Å². The fourth-order valence-corrected chi connectivity index (χ4v) is 4.12. The largest absolute Gasteiger partial charge is 0.304 e. The van der Waals surface area contributed by atoms with E-state index in [9.17, 15) is 4.79 Å². The molecule has 2 heterocycles. The molecule has 1 atom stereocenters. The highest BCUT2D eigenvalue weighted by Gasteiger charge is 2.30. The summed E-state index contributed by atoms with van der Waals surface area (Å²) in [5.74, 6) is -0.00531. The van der Waals surface area contributed by atoms with E-state index in [0.29, 0.717) is 5.69 Å². The average Bonchev–Trinajstić information content (AvgIpc) is 3.12. The SMILES string of the molecule is Cc1ccc(-c2nc(C(=O)N3c4ccccc4CC[C@H]3C)cs2)cc1. The number of rotatable bonds is 2. The lowest BCUT2D eigenvalue weighted by atomic mass is 9.96. The van der Waals surface area contributed by atoms with E-state index in [1.165, 1.54) is 22.5 Å². The Morgan fingerprint density at radius 3 is 2.72 bits per heavy atom. The molecule has 0 saturated heterocycles. The first-order chi connectivity index (χ1) is 12.1. The molecule has 4 heteroatoms. The molecule has 0 fully saturated rings. The van der Waals surface area contributed by atoms with Gasteiger partial charge in [-0.05, 0) is 38.3 Å². The first kappa shape index (κ1) is 16.0. The molecule has 1 aliphatic rings. The third-order valence-electron chi connectivity index (χ3n) is 4.76. The van der Waals surface area contributed by atoms with Crippen LogP contribution in [0.25, 0.3) is 10.6 Å². The summed E-state index contributed by atoms with van der Waals surface area (Å²) in [6.45, 7) is 4.18. The van der Waals surface area contributed by atoms with Gasteiger partial charge >= 0.3 is 0 Å². The first-order valence-electron chi connectivity index (χ1n) is 8.57. The number of thiazole rings is 1. The summed E-state index contributed by atoms with van der Waals surface area (Å²) in [6, 6.07) is 16.6. The molecule has 0 N–H and O–H groups in total. The Labute approximate surface area is 152 Å². The smallest absolute Gasteiger partial charge is 0.278 e. The van der Waals surface area contributed by atoms with Gasteiger partial charge in [0.2, 0.25) is 0 Å². The molecule has 25 heavy (non-hydrogen) atoms. The predicted molar refractivity (Wildman–Crippen MR) is 103 cm³/mol. The zero-order chi connectivity index (χ0) is 17.4. The van der Waals surface area contributed by atoms with Gasteiger partial charge in [0.15, 0.2) is 0 Å². The lowest BCUT2D eigenvalue weighted by molar-refractivity contribution is 0.0971. The summed E-state index contributed by atoms with van der Waals surface area (Å²) >= 11 is 1.52. The Kier molecular flexibility index (Phi) is 4.14. The molecule has 0 radical (unpaired) electrons. The van der Waals surface area contributed by atoms with Crippen LogP contribution in [0.5, 0.6) is 0 Å². The molecule has 0 saturated carbocycles. The number of aryl methyl sites for hydroxylation is 2. The highest BCUT2D eigenvalue weighted by atomic mass is 32.1. The number of amides is 1. The predicted octanol–water partition coefficient (Wildman–Crippen LogP) is 5.10. The van der Waals surface area contributed by atoms with E-state index in [1.54, 1.807) is 0 Å². The van der Waals surface area contributed by atoms with Gasteiger partial charge in [-0.15, -0.1) is 11.3 Å². The summed E-state index contributed by atoms with van der Waals surface area (Å²) < 4.78 is 0. The monoisotopic (exact) mass is 348 g/mol. The van der Waals surface area contributed by atoms with Gasteiger partial charge in [0.25, 0.3) is 5.91 Å². The van der Waals surface area contributed by atoms with Crippen molar-refractivity contribution in [3.8, 4) is 10.6 Å². The van der Waals surface area contributed by atoms with Crippen LogP contribution in [0.15, 0.2) is 53.9 Å². The minimum Gasteiger partial charge on any atom is -0.304 e. The summed E-state index contributed by atoms with van der Waals surface area (Å²) in [5, 5.41) is 2.77. The van der Waals surface area contributed by atoms with Crippen molar-refractivity contribution in [3.63, 3.8) is 0 Å². The summed E-state index contributed by atoms with van der Waals surface area (Å²) in [7, 11) is 0. The van der Waals surface area contributed by atoms with Gasteiger partial charge in [-0.3, -0.25) is 4.79 Å². The van der Waals surface area contributed by atoms with E-state index in [-0.39, 0.29) is 11.9 Å². The van der Waals surface area contributed by atoms with Crippen LogP contribution in [0.4, 0.5) is 5.69 Å². The quantitative estimate of drug-likeness (QED) is 0.645. The molecule has 1 aromatic heterocycles. The number of fused-ring (bicyclic) bond motifs is 1. The molecule has 0 spiro atoms. The van der Waals surface area contributed by atoms with Gasteiger partial charge in [0.1, 0.15) is 10.7 Å². The van der Waals surface area contributed by atoms with Crippen molar-refractivity contribution in [3.05, 3.63) is 70.7 Å². The zero-order valence-electron chi connectivity index (χ0n) is 14.4. The van der Waals surface area contributed by atoms with Crippen molar-refractivity contribution in [1.29, 1.82) is 0 Å². The number of benzene rings is 2. The Morgan fingerprint density at radius 2 is 1.92 bits per heavy atom. The molecule has 3 aromatic rings. The van der Waals surface area contributed by atoms with Crippen LogP contribution in [-0.2, 0) is 6.42 Å². The second-order valence-electron chi connectivity index (χ2n) is 6.60. The highest BCUT2D eigenvalue weighted by molar-refractivity contribution is 7.13. The second kappa shape index (κ2) is 6.45. The Hall–Kier alpha value is -2.46. The second-order valence-corrected chi connectivity index (χ2v) is 7.45. The molecule has 1 aliphatic heterocycles. The maximum absolute atomic E-state index is 13.1. The van der Waals surface area contributed by atoms with E-state index in [1.807, 2.05) is 28.5 Å². The van der Waals surface area contributed by atoms with Crippen molar-refractivity contribution in [2.45, 2.75) is 32.7 Å². The number of aromatic nitrogens is 1. The molecule has 2 aromatic carbocycles.